The van der Waals surface area contributed by atoms with Gasteiger partial charge >= 0.3 is 11.9 Å². The van der Waals surface area contributed by atoms with Gasteiger partial charge in [-0.3, -0.25) is 0 Å². The number of esters is 2. The largest absolute Gasteiger partial charge is 0.462 e. The van der Waals surface area contributed by atoms with Crippen molar-refractivity contribution in [2.45, 2.75) is 6.92 Å². The number of hydrogen-bond donors (Lipinski definition) is 0. The number of carbonyl (C=O) groups excluding carboxylic acids is 2. The molecular formula is C21H15N3O4S. The van der Waals surface area contributed by atoms with Crippen LogP contribution in [-0.4, -0.2) is 33.5 Å². The molecule has 0 radical (unpaired) electrons. The number of ether oxygens (including phenoxy) is 2. The average Bonchev–Trinajstić information content (AvgIpc) is 3.18. The molecule has 0 N–H and O–H groups in total. The van der Waals surface area contributed by atoms with Crippen molar-refractivity contribution in [3.8, 4) is 16.5 Å². The highest BCUT2D eigenvalue weighted by atomic mass is 32.1. The van der Waals surface area contributed by atoms with Gasteiger partial charge in [-0.1, -0.05) is 12.1 Å². The first-order valence-corrected chi connectivity index (χ1v) is 9.63. The Morgan fingerprint density at radius 3 is 2.48 bits per heavy atom. The van der Waals surface area contributed by atoms with E-state index in [9.17, 15) is 9.59 Å². The van der Waals surface area contributed by atoms with E-state index in [2.05, 4.69) is 15.0 Å². The highest BCUT2D eigenvalue weighted by molar-refractivity contribution is 7.21. The van der Waals surface area contributed by atoms with E-state index in [0.29, 0.717) is 16.3 Å². The van der Waals surface area contributed by atoms with Gasteiger partial charge < -0.3 is 9.47 Å². The van der Waals surface area contributed by atoms with Crippen molar-refractivity contribution in [2.75, 3.05) is 6.61 Å². The summed E-state index contributed by atoms with van der Waals surface area (Å²) < 4.78 is 11.3. The van der Waals surface area contributed by atoms with Crippen LogP contribution in [0, 0.1) is 0 Å². The molecular weight excluding hydrogens is 390 g/mol. The molecule has 0 spiro atoms. The first kappa shape index (κ1) is 18.7. The third-order valence-corrected chi connectivity index (χ3v) is 5.01. The second kappa shape index (κ2) is 8.15. The number of fused-ring (bicyclic) bond motifs is 1. The lowest BCUT2D eigenvalue weighted by Crippen LogP contribution is -2.13. The van der Waals surface area contributed by atoms with Crippen molar-refractivity contribution in [1.82, 2.24) is 15.0 Å². The molecule has 0 aliphatic carbocycles. The zero-order valence-electron chi connectivity index (χ0n) is 15.4. The quantitative estimate of drug-likeness (QED) is 0.364. The molecule has 0 unspecified atom stereocenters. The minimum absolute atomic E-state index is 0.0704. The Hall–Kier alpha value is -3.65. The fourth-order valence-corrected chi connectivity index (χ4v) is 3.61. The summed E-state index contributed by atoms with van der Waals surface area (Å²) in [4.78, 5) is 37.4. The first-order valence-electron chi connectivity index (χ1n) is 8.82. The number of hydrogen-bond acceptors (Lipinski definition) is 8. The van der Waals surface area contributed by atoms with E-state index in [1.54, 1.807) is 6.92 Å². The highest BCUT2D eigenvalue weighted by Crippen LogP contribution is 2.30. The minimum Gasteiger partial charge on any atom is -0.462 e. The number of nitrogens with zero attached hydrogens (tertiary/aromatic N) is 3. The first-order chi connectivity index (χ1) is 14.2. The maximum absolute atomic E-state index is 12.7. The lowest BCUT2D eigenvalue weighted by atomic mass is 10.2. The summed E-state index contributed by atoms with van der Waals surface area (Å²) in [5.41, 5.74) is 1.64. The number of thiazole rings is 1. The number of benzene rings is 2. The molecule has 144 valence electrons. The topological polar surface area (TPSA) is 91.3 Å². The number of carbonyl (C=O) groups is 2. The third kappa shape index (κ3) is 3.97. The van der Waals surface area contributed by atoms with E-state index in [4.69, 9.17) is 9.47 Å². The van der Waals surface area contributed by atoms with Crippen molar-refractivity contribution >= 4 is 33.5 Å². The molecule has 0 fully saturated rings. The van der Waals surface area contributed by atoms with Gasteiger partial charge in [-0.25, -0.2) is 24.5 Å². The van der Waals surface area contributed by atoms with Gasteiger partial charge in [0.05, 0.1) is 22.4 Å². The summed E-state index contributed by atoms with van der Waals surface area (Å²) in [7, 11) is 0. The Balaban J connectivity index is 1.59. The van der Waals surface area contributed by atoms with Crippen LogP contribution in [0.25, 0.3) is 20.9 Å². The summed E-state index contributed by atoms with van der Waals surface area (Å²) in [6, 6.07) is 13.8. The van der Waals surface area contributed by atoms with Crippen LogP contribution in [-0.2, 0) is 4.74 Å². The van der Waals surface area contributed by atoms with E-state index in [1.165, 1.54) is 48.0 Å². The minimum atomic E-state index is -0.656. The molecule has 0 amide bonds. The maximum atomic E-state index is 12.7. The Morgan fingerprint density at radius 1 is 0.966 bits per heavy atom. The third-order valence-electron chi connectivity index (χ3n) is 3.96. The molecule has 0 atom stereocenters. The van der Waals surface area contributed by atoms with Gasteiger partial charge in [-0.15, -0.1) is 11.3 Å². The Labute approximate surface area is 170 Å². The Morgan fingerprint density at radius 2 is 1.72 bits per heavy atom. The van der Waals surface area contributed by atoms with Gasteiger partial charge in [0.1, 0.15) is 16.5 Å². The molecule has 4 aromatic rings. The molecule has 0 bridgehead atoms. The predicted octanol–water partition coefficient (Wildman–Crippen LogP) is 4.15. The van der Waals surface area contributed by atoms with Crippen LogP contribution in [0.15, 0.2) is 60.9 Å². The smallest absolute Gasteiger partial charge is 0.364 e. The molecule has 29 heavy (non-hydrogen) atoms. The van der Waals surface area contributed by atoms with Crippen LogP contribution in [0.1, 0.15) is 27.8 Å². The van der Waals surface area contributed by atoms with Gasteiger partial charge in [0.2, 0.25) is 0 Å². The van der Waals surface area contributed by atoms with E-state index >= 15 is 0 Å². The molecule has 4 rings (SSSR count). The number of rotatable bonds is 5. The van der Waals surface area contributed by atoms with Crippen molar-refractivity contribution in [1.29, 1.82) is 0 Å². The van der Waals surface area contributed by atoms with E-state index in [1.807, 2.05) is 24.3 Å². The second-order valence-corrected chi connectivity index (χ2v) is 6.91. The molecule has 7 nitrogen and oxygen atoms in total. The highest BCUT2D eigenvalue weighted by Gasteiger charge is 2.21. The van der Waals surface area contributed by atoms with Crippen molar-refractivity contribution in [2.24, 2.45) is 0 Å². The van der Waals surface area contributed by atoms with Crippen LogP contribution in [0.5, 0.6) is 5.75 Å². The molecule has 0 saturated heterocycles. The van der Waals surface area contributed by atoms with Crippen LogP contribution in [0.3, 0.4) is 0 Å². The van der Waals surface area contributed by atoms with Gasteiger partial charge in [-0.2, -0.15) is 0 Å². The Bertz CT molecular complexity index is 1150. The van der Waals surface area contributed by atoms with Crippen molar-refractivity contribution < 1.29 is 19.1 Å². The van der Waals surface area contributed by atoms with Crippen LogP contribution in [0.2, 0.25) is 0 Å². The van der Waals surface area contributed by atoms with Crippen LogP contribution < -0.4 is 4.74 Å². The standard InChI is InChI=1S/C21H15N3O4S/c1-2-27-20(25)13-7-9-14(10-8-13)28-21(26)18-17(22-11-12-23-18)19-24-15-5-3-4-6-16(15)29-19/h3-12H,2H2,1H3. The van der Waals surface area contributed by atoms with Crippen LogP contribution in [0.4, 0.5) is 0 Å². The average molecular weight is 405 g/mol. The fraction of sp³-hybridized carbons (Fsp3) is 0.0952. The Kier molecular flexibility index (Phi) is 5.26. The zero-order valence-corrected chi connectivity index (χ0v) is 16.2. The van der Waals surface area contributed by atoms with Crippen LogP contribution >= 0.6 is 11.3 Å². The molecule has 2 heterocycles. The fourth-order valence-electron chi connectivity index (χ4n) is 2.65. The molecule has 0 saturated carbocycles. The van der Waals surface area contributed by atoms with Gasteiger partial charge in [0, 0.05) is 12.4 Å². The SMILES string of the molecule is CCOC(=O)c1ccc(OC(=O)c2nccnc2-c2nc3ccccc3s2)cc1. The monoisotopic (exact) mass is 405 g/mol. The van der Waals surface area contributed by atoms with E-state index < -0.39 is 11.9 Å². The van der Waals surface area contributed by atoms with Crippen molar-refractivity contribution in [3.05, 3.63) is 72.2 Å². The summed E-state index contributed by atoms with van der Waals surface area (Å²) in [5, 5.41) is 0.587. The van der Waals surface area contributed by atoms with Gasteiger partial charge in [-0.05, 0) is 43.3 Å². The predicted molar refractivity (Wildman–Crippen MR) is 108 cm³/mol. The summed E-state index contributed by atoms with van der Waals surface area (Å²) in [5.74, 6) is -0.808. The lowest BCUT2D eigenvalue weighted by molar-refractivity contribution is 0.0526. The van der Waals surface area contributed by atoms with Gasteiger partial charge in [0.25, 0.3) is 0 Å². The molecule has 8 heteroatoms. The summed E-state index contributed by atoms with van der Waals surface area (Å²) >= 11 is 1.43. The maximum Gasteiger partial charge on any atom is 0.364 e. The molecule has 2 aromatic carbocycles. The number of para-hydroxylation sites is 1. The lowest BCUT2D eigenvalue weighted by Gasteiger charge is -2.07. The van der Waals surface area contributed by atoms with Gasteiger partial charge in [0.15, 0.2) is 5.69 Å². The van der Waals surface area contributed by atoms with E-state index in [0.717, 1.165) is 10.2 Å². The molecule has 0 aliphatic rings. The van der Waals surface area contributed by atoms with Crippen molar-refractivity contribution in [3.63, 3.8) is 0 Å². The molecule has 0 aliphatic heterocycles. The number of aromatic nitrogens is 3. The zero-order chi connectivity index (χ0) is 20.2. The normalized spacial score (nSPS) is 10.7. The summed E-state index contributed by atoms with van der Waals surface area (Å²) in [6.07, 6.45) is 2.93. The molecule has 2 aromatic heterocycles. The summed E-state index contributed by atoms with van der Waals surface area (Å²) in [6.45, 7) is 2.02. The second-order valence-electron chi connectivity index (χ2n) is 5.87. The van der Waals surface area contributed by atoms with E-state index in [-0.39, 0.29) is 18.1 Å².